The maximum Gasteiger partial charge on any atom is 0.411 e. The van der Waals surface area contributed by atoms with Crippen molar-refractivity contribution in [3.05, 3.63) is 29.8 Å². The molecule has 1 heterocycles. The van der Waals surface area contributed by atoms with E-state index < -0.39 is 23.7 Å². The molecular weight excluding hydrogens is 310 g/mol. The SMILES string of the molecule is CCc1ccc(O[C@H]2C[C@@H](C(=O)O)N(C(=O)OC(C)(C)C)C2)cc1. The Hall–Kier alpha value is -2.24. The summed E-state index contributed by atoms with van der Waals surface area (Å²) in [6.45, 7) is 7.52. The normalized spacial score (nSPS) is 20.8. The number of carboxylic acids is 1. The van der Waals surface area contributed by atoms with Gasteiger partial charge in [-0.25, -0.2) is 9.59 Å². The van der Waals surface area contributed by atoms with Gasteiger partial charge in [0, 0.05) is 6.42 Å². The Morgan fingerprint density at radius 3 is 2.38 bits per heavy atom. The van der Waals surface area contributed by atoms with Crippen molar-refractivity contribution in [2.75, 3.05) is 6.54 Å². The minimum absolute atomic E-state index is 0.196. The maximum atomic E-state index is 12.2. The third kappa shape index (κ3) is 4.63. The molecule has 1 aromatic rings. The Kier molecular flexibility index (Phi) is 5.36. The number of carbonyl (C=O) groups excluding carboxylic acids is 1. The first-order valence-corrected chi connectivity index (χ1v) is 8.17. The average Bonchev–Trinajstić information content (AvgIpc) is 2.90. The molecule has 132 valence electrons. The summed E-state index contributed by atoms with van der Waals surface area (Å²) in [5, 5.41) is 9.38. The minimum atomic E-state index is -1.05. The lowest BCUT2D eigenvalue weighted by Gasteiger charge is -2.26. The molecule has 1 amide bonds. The molecule has 1 aliphatic heterocycles. The van der Waals surface area contributed by atoms with Gasteiger partial charge in [-0.1, -0.05) is 19.1 Å². The summed E-state index contributed by atoms with van der Waals surface area (Å²) in [4.78, 5) is 24.9. The molecule has 2 atom stereocenters. The van der Waals surface area contributed by atoms with Crippen LogP contribution < -0.4 is 4.74 Å². The van der Waals surface area contributed by atoms with Gasteiger partial charge in [-0.05, 0) is 44.9 Å². The zero-order valence-electron chi connectivity index (χ0n) is 14.6. The smallest absolute Gasteiger partial charge is 0.411 e. The predicted molar refractivity (Wildman–Crippen MR) is 89.2 cm³/mol. The zero-order chi connectivity index (χ0) is 17.9. The molecule has 0 radical (unpaired) electrons. The summed E-state index contributed by atoms with van der Waals surface area (Å²) in [5.74, 6) is -0.374. The second kappa shape index (κ2) is 7.11. The number of carbonyl (C=O) groups is 2. The summed E-state index contributed by atoms with van der Waals surface area (Å²) in [7, 11) is 0. The first-order chi connectivity index (χ1) is 11.2. The Bertz CT molecular complexity index is 590. The minimum Gasteiger partial charge on any atom is -0.488 e. The number of ether oxygens (including phenoxy) is 2. The fraction of sp³-hybridized carbons (Fsp3) is 0.556. The summed E-state index contributed by atoms with van der Waals surface area (Å²) < 4.78 is 11.2. The lowest BCUT2D eigenvalue weighted by Crippen LogP contribution is -2.43. The van der Waals surface area contributed by atoms with E-state index >= 15 is 0 Å². The number of rotatable bonds is 4. The Morgan fingerprint density at radius 2 is 1.88 bits per heavy atom. The van der Waals surface area contributed by atoms with E-state index in [1.54, 1.807) is 20.8 Å². The van der Waals surface area contributed by atoms with Gasteiger partial charge in [-0.15, -0.1) is 0 Å². The van der Waals surface area contributed by atoms with Crippen LogP contribution in [0, 0.1) is 0 Å². The summed E-state index contributed by atoms with van der Waals surface area (Å²) in [5.41, 5.74) is 0.530. The van der Waals surface area contributed by atoms with Crippen LogP contribution in [0.5, 0.6) is 5.75 Å². The van der Waals surface area contributed by atoms with E-state index in [2.05, 4.69) is 6.92 Å². The molecule has 24 heavy (non-hydrogen) atoms. The maximum absolute atomic E-state index is 12.2. The number of hydrogen-bond donors (Lipinski definition) is 1. The van der Waals surface area contributed by atoms with E-state index in [4.69, 9.17) is 9.47 Å². The van der Waals surface area contributed by atoms with E-state index in [9.17, 15) is 14.7 Å². The average molecular weight is 335 g/mol. The van der Waals surface area contributed by atoms with E-state index in [1.807, 2.05) is 24.3 Å². The highest BCUT2D eigenvalue weighted by molar-refractivity contribution is 5.81. The second-order valence-corrected chi connectivity index (χ2v) is 6.96. The van der Waals surface area contributed by atoms with Crippen LogP contribution in [0.1, 0.15) is 39.7 Å². The summed E-state index contributed by atoms with van der Waals surface area (Å²) in [6, 6.07) is 6.75. The van der Waals surface area contributed by atoms with E-state index in [-0.39, 0.29) is 19.1 Å². The van der Waals surface area contributed by atoms with Gasteiger partial charge in [-0.2, -0.15) is 0 Å². The third-order valence-corrected chi connectivity index (χ3v) is 3.81. The molecule has 0 unspecified atom stereocenters. The van der Waals surface area contributed by atoms with Crippen molar-refractivity contribution < 1.29 is 24.2 Å². The first kappa shape index (κ1) is 18.1. The lowest BCUT2D eigenvalue weighted by atomic mass is 10.1. The molecule has 0 aromatic heterocycles. The molecule has 1 saturated heterocycles. The van der Waals surface area contributed by atoms with Crippen molar-refractivity contribution in [3.8, 4) is 5.75 Å². The second-order valence-electron chi connectivity index (χ2n) is 6.96. The van der Waals surface area contributed by atoms with Crippen molar-refractivity contribution in [3.63, 3.8) is 0 Å². The van der Waals surface area contributed by atoms with Crippen LogP contribution in [0.25, 0.3) is 0 Å². The van der Waals surface area contributed by atoms with Crippen LogP contribution in [-0.4, -0.2) is 46.4 Å². The fourth-order valence-corrected chi connectivity index (χ4v) is 2.64. The van der Waals surface area contributed by atoms with Crippen LogP contribution in [-0.2, 0) is 16.0 Å². The van der Waals surface area contributed by atoms with Gasteiger partial charge < -0.3 is 14.6 Å². The van der Waals surface area contributed by atoms with Crippen molar-refractivity contribution in [2.24, 2.45) is 0 Å². The number of carboxylic acid groups (broad SMARTS) is 1. The van der Waals surface area contributed by atoms with Gasteiger partial charge in [0.1, 0.15) is 23.5 Å². The Labute approximate surface area is 142 Å². The molecule has 1 aliphatic rings. The summed E-state index contributed by atoms with van der Waals surface area (Å²) in [6.07, 6.45) is 0.190. The monoisotopic (exact) mass is 335 g/mol. The molecule has 2 rings (SSSR count). The molecule has 1 N–H and O–H groups in total. The quantitative estimate of drug-likeness (QED) is 0.915. The molecule has 6 heteroatoms. The van der Waals surface area contributed by atoms with Crippen LogP contribution in [0.3, 0.4) is 0 Å². The van der Waals surface area contributed by atoms with E-state index in [0.717, 1.165) is 6.42 Å². The van der Waals surface area contributed by atoms with Crippen LogP contribution in [0.2, 0.25) is 0 Å². The number of aryl methyl sites for hydroxylation is 1. The first-order valence-electron chi connectivity index (χ1n) is 8.17. The van der Waals surface area contributed by atoms with Crippen molar-refractivity contribution in [1.82, 2.24) is 4.90 Å². The lowest BCUT2D eigenvalue weighted by molar-refractivity contribution is -0.142. The molecule has 6 nitrogen and oxygen atoms in total. The molecular formula is C18H25NO5. The zero-order valence-corrected chi connectivity index (χ0v) is 14.6. The molecule has 1 aromatic carbocycles. The van der Waals surface area contributed by atoms with Gasteiger partial charge in [-0.3, -0.25) is 4.90 Å². The number of nitrogens with zero attached hydrogens (tertiary/aromatic N) is 1. The van der Waals surface area contributed by atoms with Crippen molar-refractivity contribution in [2.45, 2.75) is 58.3 Å². The number of aliphatic carboxylic acids is 1. The number of likely N-dealkylation sites (tertiary alicyclic amines) is 1. The number of hydrogen-bond acceptors (Lipinski definition) is 4. The number of amides is 1. The van der Waals surface area contributed by atoms with Gasteiger partial charge in [0.15, 0.2) is 0 Å². The van der Waals surface area contributed by atoms with Gasteiger partial charge >= 0.3 is 12.1 Å². The van der Waals surface area contributed by atoms with E-state index in [1.165, 1.54) is 10.5 Å². The highest BCUT2D eigenvalue weighted by Gasteiger charge is 2.42. The molecule has 1 fully saturated rings. The fourth-order valence-electron chi connectivity index (χ4n) is 2.64. The Morgan fingerprint density at radius 1 is 1.25 bits per heavy atom. The topological polar surface area (TPSA) is 76.1 Å². The highest BCUT2D eigenvalue weighted by Crippen LogP contribution is 2.25. The molecule has 0 saturated carbocycles. The Balaban J connectivity index is 2.05. The highest BCUT2D eigenvalue weighted by atomic mass is 16.6. The summed E-state index contributed by atoms with van der Waals surface area (Å²) >= 11 is 0. The van der Waals surface area contributed by atoms with Crippen LogP contribution in [0.4, 0.5) is 4.79 Å². The van der Waals surface area contributed by atoms with Gasteiger partial charge in [0.25, 0.3) is 0 Å². The molecule has 0 bridgehead atoms. The third-order valence-electron chi connectivity index (χ3n) is 3.81. The van der Waals surface area contributed by atoms with E-state index in [0.29, 0.717) is 5.75 Å². The van der Waals surface area contributed by atoms with Gasteiger partial charge in [0.05, 0.1) is 6.54 Å². The van der Waals surface area contributed by atoms with Crippen LogP contribution >= 0.6 is 0 Å². The van der Waals surface area contributed by atoms with Crippen molar-refractivity contribution in [1.29, 1.82) is 0 Å². The van der Waals surface area contributed by atoms with Crippen molar-refractivity contribution >= 4 is 12.1 Å². The molecule has 0 aliphatic carbocycles. The number of benzene rings is 1. The molecule has 0 spiro atoms. The standard InChI is InChI=1S/C18H25NO5/c1-5-12-6-8-13(9-7-12)23-14-10-15(16(20)21)19(11-14)17(22)24-18(2,3)4/h6-9,14-15H,5,10-11H2,1-4H3,(H,20,21)/t14-,15-/m0/s1. The van der Waals surface area contributed by atoms with Crippen LogP contribution in [0.15, 0.2) is 24.3 Å². The van der Waals surface area contributed by atoms with Gasteiger partial charge in [0.2, 0.25) is 0 Å². The largest absolute Gasteiger partial charge is 0.488 e. The predicted octanol–water partition coefficient (Wildman–Crippen LogP) is 3.09.